The highest BCUT2D eigenvalue weighted by molar-refractivity contribution is 8.01. The second kappa shape index (κ2) is 9.56. The van der Waals surface area contributed by atoms with Crippen molar-refractivity contribution >= 4 is 46.0 Å². The number of benzene rings is 1. The highest BCUT2D eigenvalue weighted by Gasteiger charge is 2.44. The van der Waals surface area contributed by atoms with Gasteiger partial charge in [0, 0.05) is 24.9 Å². The van der Waals surface area contributed by atoms with Gasteiger partial charge in [-0.15, -0.1) is 0 Å². The molecule has 0 spiro atoms. The Hall–Kier alpha value is -2.85. The number of piperazine rings is 1. The van der Waals surface area contributed by atoms with Gasteiger partial charge in [0.1, 0.15) is 5.75 Å². The number of aryl methyl sites for hydroxylation is 1. The molecule has 8 nitrogen and oxygen atoms in total. The maximum absolute atomic E-state index is 13.7. The van der Waals surface area contributed by atoms with Crippen LogP contribution in [0, 0.1) is 6.92 Å². The molecule has 3 heterocycles. The molecule has 2 bridgehead atoms. The summed E-state index contributed by atoms with van der Waals surface area (Å²) in [6.07, 6.45) is 4.79. The zero-order valence-corrected chi connectivity index (χ0v) is 20.4. The SMILES string of the molecule is C=CC(=O)N1C[C@H]2CC[C@@H](C1)N2C(=O)c1cc(Sc2cnc(NC(C)=O)s2)c(C)cc1OC. The predicted molar refractivity (Wildman–Crippen MR) is 128 cm³/mol. The van der Waals surface area contributed by atoms with E-state index in [1.165, 1.54) is 36.1 Å². The molecule has 1 aromatic carbocycles. The number of likely N-dealkylation sites (tertiary alicyclic amines) is 1. The number of nitrogens with zero attached hydrogens (tertiary/aromatic N) is 3. The van der Waals surface area contributed by atoms with Crippen molar-refractivity contribution in [2.24, 2.45) is 0 Å². The predicted octanol–water partition coefficient (Wildman–Crippen LogP) is 3.57. The van der Waals surface area contributed by atoms with Gasteiger partial charge in [-0.05, 0) is 43.5 Å². The van der Waals surface area contributed by atoms with Gasteiger partial charge in [-0.3, -0.25) is 14.4 Å². The van der Waals surface area contributed by atoms with Crippen LogP contribution in [0.2, 0.25) is 0 Å². The largest absolute Gasteiger partial charge is 0.496 e. The number of anilines is 1. The topological polar surface area (TPSA) is 91.8 Å². The van der Waals surface area contributed by atoms with Crippen molar-refractivity contribution in [2.75, 3.05) is 25.5 Å². The summed E-state index contributed by atoms with van der Waals surface area (Å²) in [4.78, 5) is 45.9. The van der Waals surface area contributed by atoms with Crippen molar-refractivity contribution in [1.29, 1.82) is 0 Å². The van der Waals surface area contributed by atoms with Crippen LogP contribution in [0.25, 0.3) is 0 Å². The lowest BCUT2D eigenvalue weighted by atomic mass is 10.1. The van der Waals surface area contributed by atoms with Gasteiger partial charge in [0.2, 0.25) is 11.8 Å². The van der Waals surface area contributed by atoms with Crippen molar-refractivity contribution in [3.8, 4) is 5.75 Å². The normalized spacial score (nSPS) is 19.4. The van der Waals surface area contributed by atoms with Gasteiger partial charge in [0.15, 0.2) is 5.13 Å². The molecule has 2 fully saturated rings. The molecule has 0 saturated carbocycles. The van der Waals surface area contributed by atoms with Gasteiger partial charge in [-0.2, -0.15) is 0 Å². The molecule has 174 valence electrons. The van der Waals surface area contributed by atoms with E-state index in [9.17, 15) is 14.4 Å². The minimum absolute atomic E-state index is 0.0102. The van der Waals surface area contributed by atoms with Crippen LogP contribution in [0.3, 0.4) is 0 Å². The highest BCUT2D eigenvalue weighted by Crippen LogP contribution is 2.40. The number of rotatable bonds is 6. The molecule has 2 aromatic rings. The maximum Gasteiger partial charge on any atom is 0.258 e. The van der Waals surface area contributed by atoms with Crippen LogP contribution >= 0.6 is 23.1 Å². The van der Waals surface area contributed by atoms with Crippen LogP contribution in [0.5, 0.6) is 5.75 Å². The second-order valence-corrected chi connectivity index (χ2v) is 10.5. The Kier molecular flexibility index (Phi) is 6.76. The number of carbonyl (C=O) groups excluding carboxylic acids is 3. The molecule has 2 aliphatic rings. The Morgan fingerprint density at radius 2 is 1.97 bits per heavy atom. The van der Waals surface area contributed by atoms with Gasteiger partial charge in [-0.25, -0.2) is 4.98 Å². The summed E-state index contributed by atoms with van der Waals surface area (Å²) in [6, 6.07) is 3.73. The Labute approximate surface area is 201 Å². The summed E-state index contributed by atoms with van der Waals surface area (Å²) < 4.78 is 6.47. The summed E-state index contributed by atoms with van der Waals surface area (Å²) in [6.45, 7) is 8.05. The molecule has 4 rings (SSSR count). The van der Waals surface area contributed by atoms with E-state index >= 15 is 0 Å². The maximum atomic E-state index is 13.7. The van der Waals surface area contributed by atoms with Crippen LogP contribution in [0.4, 0.5) is 5.13 Å². The smallest absolute Gasteiger partial charge is 0.258 e. The quantitative estimate of drug-likeness (QED) is 0.628. The van der Waals surface area contributed by atoms with Crippen LogP contribution in [-0.4, -0.2) is 64.8 Å². The number of hydrogen-bond donors (Lipinski definition) is 1. The van der Waals surface area contributed by atoms with Crippen LogP contribution in [-0.2, 0) is 9.59 Å². The first-order valence-electron chi connectivity index (χ1n) is 10.6. The van der Waals surface area contributed by atoms with Crippen molar-refractivity contribution in [3.63, 3.8) is 0 Å². The number of nitrogens with one attached hydrogen (secondary N) is 1. The number of aromatic nitrogens is 1. The van der Waals surface area contributed by atoms with Crippen LogP contribution < -0.4 is 10.1 Å². The zero-order valence-electron chi connectivity index (χ0n) is 18.8. The van der Waals surface area contributed by atoms with Gasteiger partial charge >= 0.3 is 0 Å². The number of ether oxygens (including phenoxy) is 1. The fourth-order valence-electron chi connectivity index (χ4n) is 4.41. The van der Waals surface area contributed by atoms with E-state index in [1.807, 2.05) is 24.0 Å². The molecule has 10 heteroatoms. The standard InChI is InChI=1S/C23H26N4O4S2/c1-5-20(29)26-11-15-6-7-16(12-26)27(15)22(30)17-9-19(13(2)8-18(17)31-4)32-21-10-24-23(33-21)25-14(3)28/h5,8-10,15-16H,1,6-7,11-12H2,2-4H3,(H,24,25,28)/t15-,16+. The average molecular weight is 487 g/mol. The molecule has 2 atom stereocenters. The van der Waals surface area contributed by atoms with E-state index in [0.29, 0.717) is 29.5 Å². The third-order valence-electron chi connectivity index (χ3n) is 5.91. The van der Waals surface area contributed by atoms with E-state index in [0.717, 1.165) is 27.5 Å². The Bertz CT molecular complexity index is 1100. The van der Waals surface area contributed by atoms with Crippen molar-refractivity contribution < 1.29 is 19.1 Å². The molecule has 33 heavy (non-hydrogen) atoms. The summed E-state index contributed by atoms with van der Waals surface area (Å²) in [5.74, 6) is 0.206. The number of amides is 3. The van der Waals surface area contributed by atoms with Gasteiger partial charge in [0.25, 0.3) is 5.91 Å². The van der Waals surface area contributed by atoms with E-state index in [1.54, 1.807) is 18.2 Å². The second-order valence-electron chi connectivity index (χ2n) is 8.13. The van der Waals surface area contributed by atoms with E-state index < -0.39 is 0 Å². The van der Waals surface area contributed by atoms with Gasteiger partial charge in [-0.1, -0.05) is 29.7 Å². The van der Waals surface area contributed by atoms with Gasteiger partial charge in [0.05, 0.1) is 35.2 Å². The molecule has 2 aliphatic heterocycles. The molecular formula is C23H26N4O4S2. The fraction of sp³-hybridized carbons (Fsp3) is 0.391. The monoisotopic (exact) mass is 486 g/mol. The number of carbonyl (C=O) groups is 3. The Morgan fingerprint density at radius 1 is 1.27 bits per heavy atom. The first kappa shape index (κ1) is 23.3. The third kappa shape index (κ3) is 4.77. The lowest BCUT2D eigenvalue weighted by Gasteiger charge is -2.41. The molecule has 1 N–H and O–H groups in total. The summed E-state index contributed by atoms with van der Waals surface area (Å²) in [5.41, 5.74) is 1.49. The minimum Gasteiger partial charge on any atom is -0.496 e. The van der Waals surface area contributed by atoms with E-state index in [4.69, 9.17) is 4.74 Å². The van der Waals surface area contributed by atoms with Crippen LogP contribution in [0.1, 0.15) is 35.7 Å². The van der Waals surface area contributed by atoms with Crippen molar-refractivity contribution in [2.45, 2.75) is 47.9 Å². The third-order valence-corrected chi connectivity index (χ3v) is 8.08. The lowest BCUT2D eigenvalue weighted by molar-refractivity contribution is -0.128. The minimum atomic E-state index is -0.168. The van der Waals surface area contributed by atoms with Gasteiger partial charge < -0.3 is 19.9 Å². The molecule has 1 aromatic heterocycles. The van der Waals surface area contributed by atoms with Crippen molar-refractivity contribution in [3.05, 3.63) is 42.1 Å². The molecular weight excluding hydrogens is 460 g/mol. The summed E-state index contributed by atoms with van der Waals surface area (Å²) in [7, 11) is 1.57. The molecule has 2 saturated heterocycles. The Balaban J connectivity index is 1.59. The van der Waals surface area contributed by atoms with E-state index in [-0.39, 0.29) is 29.8 Å². The number of thiazole rings is 1. The number of hydrogen-bond acceptors (Lipinski definition) is 7. The molecule has 3 amide bonds. The number of fused-ring (bicyclic) bond motifs is 2. The average Bonchev–Trinajstić information content (AvgIpc) is 3.33. The first-order chi connectivity index (χ1) is 15.8. The van der Waals surface area contributed by atoms with E-state index in [2.05, 4.69) is 16.9 Å². The first-order valence-corrected chi connectivity index (χ1v) is 12.3. The fourth-order valence-corrected chi connectivity index (χ4v) is 6.40. The van der Waals surface area contributed by atoms with Crippen LogP contribution in [0.15, 0.2) is 40.1 Å². The van der Waals surface area contributed by atoms with Crippen molar-refractivity contribution in [1.82, 2.24) is 14.8 Å². The molecule has 0 unspecified atom stereocenters. The Morgan fingerprint density at radius 3 is 2.58 bits per heavy atom. The number of methoxy groups -OCH3 is 1. The summed E-state index contributed by atoms with van der Waals surface area (Å²) in [5, 5.41) is 3.23. The molecule has 0 radical (unpaired) electrons. The lowest BCUT2D eigenvalue weighted by Crippen LogP contribution is -2.56. The zero-order chi connectivity index (χ0) is 23.7. The highest BCUT2D eigenvalue weighted by atomic mass is 32.2. The summed E-state index contributed by atoms with van der Waals surface area (Å²) >= 11 is 2.88. The molecule has 0 aliphatic carbocycles.